The average Bonchev–Trinajstić information content (AvgIpc) is 2.48. The van der Waals surface area contributed by atoms with Crippen LogP contribution >= 0.6 is 11.8 Å². The SMILES string of the molecule is Nc1ccc(F)cc1SCc1nc(N)c2ccccc2n1. The minimum absolute atomic E-state index is 0.314. The van der Waals surface area contributed by atoms with Gasteiger partial charge in [-0.2, -0.15) is 0 Å². The molecule has 0 aliphatic heterocycles. The Balaban J connectivity index is 1.87. The lowest BCUT2D eigenvalue weighted by molar-refractivity contribution is 0.624. The molecule has 0 bridgehead atoms. The molecule has 0 fully saturated rings. The van der Waals surface area contributed by atoms with Gasteiger partial charge in [-0.05, 0) is 30.3 Å². The molecule has 1 heterocycles. The molecule has 0 unspecified atom stereocenters. The predicted molar refractivity (Wildman–Crippen MR) is 84.3 cm³/mol. The highest BCUT2D eigenvalue weighted by atomic mass is 32.2. The zero-order chi connectivity index (χ0) is 14.8. The van der Waals surface area contributed by atoms with Gasteiger partial charge in [-0.1, -0.05) is 12.1 Å². The molecular weight excluding hydrogens is 287 g/mol. The molecule has 0 aliphatic rings. The minimum Gasteiger partial charge on any atom is -0.398 e. The van der Waals surface area contributed by atoms with E-state index < -0.39 is 0 Å². The average molecular weight is 300 g/mol. The van der Waals surface area contributed by atoms with Crippen molar-refractivity contribution in [1.82, 2.24) is 9.97 Å². The summed E-state index contributed by atoms with van der Waals surface area (Å²) in [6.07, 6.45) is 0. The third-order valence-corrected chi connectivity index (χ3v) is 4.08. The lowest BCUT2D eigenvalue weighted by Crippen LogP contribution is -2.00. The first-order valence-electron chi connectivity index (χ1n) is 6.32. The van der Waals surface area contributed by atoms with E-state index in [2.05, 4.69) is 9.97 Å². The van der Waals surface area contributed by atoms with E-state index in [9.17, 15) is 4.39 Å². The Labute approximate surface area is 125 Å². The summed E-state index contributed by atoms with van der Waals surface area (Å²) in [4.78, 5) is 9.41. The smallest absolute Gasteiger partial charge is 0.141 e. The number of hydrogen-bond donors (Lipinski definition) is 2. The molecule has 106 valence electrons. The van der Waals surface area contributed by atoms with Crippen LogP contribution in [0.3, 0.4) is 0 Å². The lowest BCUT2D eigenvalue weighted by atomic mass is 10.2. The van der Waals surface area contributed by atoms with Crippen LogP contribution in [0.1, 0.15) is 5.82 Å². The van der Waals surface area contributed by atoms with Crippen molar-refractivity contribution in [2.45, 2.75) is 10.6 Å². The van der Waals surface area contributed by atoms with Gasteiger partial charge in [-0.15, -0.1) is 11.8 Å². The van der Waals surface area contributed by atoms with E-state index in [4.69, 9.17) is 11.5 Å². The Bertz CT molecular complexity index is 807. The van der Waals surface area contributed by atoms with Crippen molar-refractivity contribution < 1.29 is 4.39 Å². The molecule has 0 saturated heterocycles. The molecule has 4 N–H and O–H groups in total. The van der Waals surface area contributed by atoms with Crippen LogP contribution in [0.4, 0.5) is 15.9 Å². The first-order chi connectivity index (χ1) is 10.1. The van der Waals surface area contributed by atoms with E-state index in [-0.39, 0.29) is 5.82 Å². The first kappa shape index (κ1) is 13.6. The van der Waals surface area contributed by atoms with Gasteiger partial charge in [0.1, 0.15) is 17.5 Å². The van der Waals surface area contributed by atoms with E-state index >= 15 is 0 Å². The Morgan fingerprint density at radius 1 is 1.05 bits per heavy atom. The van der Waals surface area contributed by atoms with Crippen molar-refractivity contribution >= 4 is 34.2 Å². The zero-order valence-electron chi connectivity index (χ0n) is 11.1. The number of nitrogens with zero attached hydrogens (tertiary/aromatic N) is 2. The van der Waals surface area contributed by atoms with Crippen LogP contribution in [0.25, 0.3) is 10.9 Å². The Morgan fingerprint density at radius 2 is 1.86 bits per heavy atom. The summed E-state index contributed by atoms with van der Waals surface area (Å²) in [5.74, 6) is 1.21. The molecular formula is C15H13FN4S. The molecule has 0 spiro atoms. The molecule has 6 heteroatoms. The predicted octanol–water partition coefficient (Wildman–Crippen LogP) is 3.23. The molecule has 0 atom stereocenters. The van der Waals surface area contributed by atoms with Gasteiger partial charge in [-0.25, -0.2) is 14.4 Å². The number of fused-ring (bicyclic) bond motifs is 1. The quantitative estimate of drug-likeness (QED) is 0.573. The number of hydrogen-bond acceptors (Lipinski definition) is 5. The van der Waals surface area contributed by atoms with E-state index in [1.165, 1.54) is 23.9 Å². The fourth-order valence-electron chi connectivity index (χ4n) is 1.99. The summed E-state index contributed by atoms with van der Waals surface area (Å²) < 4.78 is 13.2. The summed E-state index contributed by atoms with van der Waals surface area (Å²) in [6, 6.07) is 11.9. The third kappa shape index (κ3) is 2.90. The van der Waals surface area contributed by atoms with Crippen LogP contribution in [0.15, 0.2) is 47.4 Å². The number of para-hydroxylation sites is 1. The van der Waals surface area contributed by atoms with Gasteiger partial charge in [-0.3, -0.25) is 0 Å². The molecule has 3 aromatic rings. The molecule has 21 heavy (non-hydrogen) atoms. The highest BCUT2D eigenvalue weighted by molar-refractivity contribution is 7.98. The number of halogens is 1. The van der Waals surface area contributed by atoms with E-state index in [1.54, 1.807) is 6.07 Å². The largest absolute Gasteiger partial charge is 0.398 e. The van der Waals surface area contributed by atoms with Gasteiger partial charge < -0.3 is 11.5 Å². The Kier molecular flexibility index (Phi) is 3.62. The van der Waals surface area contributed by atoms with Gasteiger partial charge >= 0.3 is 0 Å². The maximum atomic E-state index is 13.2. The lowest BCUT2D eigenvalue weighted by Gasteiger charge is -2.07. The maximum Gasteiger partial charge on any atom is 0.141 e. The zero-order valence-corrected chi connectivity index (χ0v) is 11.9. The summed E-state index contributed by atoms with van der Waals surface area (Å²) in [7, 11) is 0. The highest BCUT2D eigenvalue weighted by Gasteiger charge is 2.07. The van der Waals surface area contributed by atoms with Gasteiger partial charge in [0.2, 0.25) is 0 Å². The van der Waals surface area contributed by atoms with Crippen LogP contribution < -0.4 is 11.5 Å². The fraction of sp³-hybridized carbons (Fsp3) is 0.0667. The minimum atomic E-state index is -0.314. The summed E-state index contributed by atoms with van der Waals surface area (Å²) in [6.45, 7) is 0. The molecule has 1 aromatic heterocycles. The second kappa shape index (κ2) is 5.57. The number of nitrogens with two attached hydrogens (primary N) is 2. The molecule has 0 amide bonds. The van der Waals surface area contributed by atoms with Gasteiger partial charge in [0, 0.05) is 16.0 Å². The third-order valence-electron chi connectivity index (χ3n) is 3.01. The van der Waals surface area contributed by atoms with Gasteiger partial charge in [0.25, 0.3) is 0 Å². The van der Waals surface area contributed by atoms with E-state index in [1.807, 2.05) is 24.3 Å². The van der Waals surface area contributed by atoms with Crippen LogP contribution in [0, 0.1) is 5.82 Å². The second-order valence-electron chi connectivity index (χ2n) is 4.51. The number of thioether (sulfide) groups is 1. The van der Waals surface area contributed by atoms with Crippen LogP contribution in [-0.4, -0.2) is 9.97 Å². The summed E-state index contributed by atoms with van der Waals surface area (Å²) >= 11 is 1.39. The molecule has 0 aliphatic carbocycles. The molecule has 0 radical (unpaired) electrons. The Morgan fingerprint density at radius 3 is 2.71 bits per heavy atom. The topological polar surface area (TPSA) is 77.8 Å². The van der Waals surface area contributed by atoms with Crippen molar-refractivity contribution in [2.24, 2.45) is 0 Å². The Hall–Kier alpha value is -2.34. The van der Waals surface area contributed by atoms with Crippen molar-refractivity contribution in [3.05, 3.63) is 54.1 Å². The summed E-state index contributed by atoms with van der Waals surface area (Å²) in [5, 5.41) is 0.830. The molecule has 3 rings (SSSR count). The van der Waals surface area contributed by atoms with Crippen molar-refractivity contribution in [3.8, 4) is 0 Å². The van der Waals surface area contributed by atoms with Gasteiger partial charge in [0.15, 0.2) is 0 Å². The normalized spacial score (nSPS) is 10.9. The number of aromatic nitrogens is 2. The van der Waals surface area contributed by atoms with Crippen LogP contribution in [-0.2, 0) is 5.75 Å². The van der Waals surface area contributed by atoms with Crippen molar-refractivity contribution in [2.75, 3.05) is 11.5 Å². The van der Waals surface area contributed by atoms with Gasteiger partial charge in [0.05, 0.1) is 11.3 Å². The highest BCUT2D eigenvalue weighted by Crippen LogP contribution is 2.28. The van der Waals surface area contributed by atoms with E-state index in [0.717, 1.165) is 10.9 Å². The summed E-state index contributed by atoms with van der Waals surface area (Å²) in [5.41, 5.74) is 13.1. The fourth-order valence-corrected chi connectivity index (χ4v) is 2.84. The first-order valence-corrected chi connectivity index (χ1v) is 7.31. The second-order valence-corrected chi connectivity index (χ2v) is 5.53. The molecule has 4 nitrogen and oxygen atoms in total. The standard InChI is InChI=1S/C15H13FN4S/c16-9-5-6-11(17)13(7-9)21-8-14-19-12-4-2-1-3-10(12)15(18)20-14/h1-7H,8,17H2,(H2,18,19,20). The number of benzene rings is 2. The number of anilines is 2. The van der Waals surface area contributed by atoms with Crippen molar-refractivity contribution in [1.29, 1.82) is 0 Å². The maximum absolute atomic E-state index is 13.2. The van der Waals surface area contributed by atoms with E-state index in [0.29, 0.717) is 28.0 Å². The number of nitrogen functional groups attached to an aromatic ring is 2. The number of rotatable bonds is 3. The van der Waals surface area contributed by atoms with Crippen LogP contribution in [0.2, 0.25) is 0 Å². The molecule has 0 saturated carbocycles. The van der Waals surface area contributed by atoms with Crippen LogP contribution in [0.5, 0.6) is 0 Å². The monoisotopic (exact) mass is 300 g/mol. The van der Waals surface area contributed by atoms with Crippen molar-refractivity contribution in [3.63, 3.8) is 0 Å². The molecule has 2 aromatic carbocycles.